The van der Waals surface area contributed by atoms with Crippen LogP contribution >= 0.6 is 0 Å². The van der Waals surface area contributed by atoms with Crippen molar-refractivity contribution < 1.29 is 33.0 Å². The molecule has 1 amide bonds. The number of anilines is 2. The molecule has 1 heterocycles. The Hall–Kier alpha value is -3.93. The molecule has 38 heavy (non-hydrogen) atoms. The van der Waals surface area contributed by atoms with Crippen LogP contribution in [-0.4, -0.2) is 64.4 Å². The van der Waals surface area contributed by atoms with Gasteiger partial charge >= 0.3 is 12.1 Å². The summed E-state index contributed by atoms with van der Waals surface area (Å²) in [6, 6.07) is 17.4. The van der Waals surface area contributed by atoms with Crippen molar-refractivity contribution in [3.05, 3.63) is 60.2 Å². The first kappa shape index (κ1) is 28.6. The van der Waals surface area contributed by atoms with Crippen LogP contribution in [0.3, 0.4) is 0 Å². The van der Waals surface area contributed by atoms with Gasteiger partial charge in [0.2, 0.25) is 5.95 Å². The maximum atomic E-state index is 12.4. The molecule has 1 aromatic heterocycles. The van der Waals surface area contributed by atoms with E-state index in [4.69, 9.17) is 14.9 Å². The van der Waals surface area contributed by atoms with E-state index < -0.39 is 18.2 Å². The van der Waals surface area contributed by atoms with Gasteiger partial charge in [0.15, 0.2) is 6.10 Å². The van der Waals surface area contributed by atoms with Crippen LogP contribution in [0.5, 0.6) is 0 Å². The van der Waals surface area contributed by atoms with E-state index in [1.165, 1.54) is 0 Å². The van der Waals surface area contributed by atoms with Gasteiger partial charge in [-0.25, -0.2) is 9.78 Å². The number of carboxylic acid groups (broad SMARTS) is 1. The van der Waals surface area contributed by atoms with Crippen molar-refractivity contribution in [3.8, 4) is 0 Å². The monoisotopic (exact) mass is 533 g/mol. The lowest BCUT2D eigenvalue weighted by atomic mass is 9.91. The predicted octanol–water partition coefficient (Wildman–Crippen LogP) is 3.90. The Morgan fingerprint density at radius 2 is 1.50 bits per heavy atom. The van der Waals surface area contributed by atoms with E-state index in [2.05, 4.69) is 15.6 Å². The molecule has 0 saturated heterocycles. The van der Waals surface area contributed by atoms with Crippen molar-refractivity contribution in [3.63, 3.8) is 0 Å². The molecule has 1 fully saturated rings. The van der Waals surface area contributed by atoms with Gasteiger partial charge in [0.05, 0.1) is 5.52 Å². The number of benzene rings is 2. The number of carboxylic acids is 1. The minimum Gasteiger partial charge on any atom is -0.475 e. The number of halogens is 3. The zero-order chi connectivity index (χ0) is 27.9. The number of hydrogen-bond acceptors (Lipinski definition) is 7. The summed E-state index contributed by atoms with van der Waals surface area (Å²) in [7, 11) is 3.96. The Bertz CT molecular complexity index is 1230. The maximum absolute atomic E-state index is 12.4. The Labute approximate surface area is 217 Å². The summed E-state index contributed by atoms with van der Waals surface area (Å²) in [5, 5.41) is 24.9. The molecule has 9 nitrogen and oxygen atoms in total. The van der Waals surface area contributed by atoms with Crippen LogP contribution in [0.15, 0.2) is 54.6 Å². The summed E-state index contributed by atoms with van der Waals surface area (Å²) in [5.74, 6) is -1.57. The molecule has 1 saturated carbocycles. The van der Waals surface area contributed by atoms with Crippen LogP contribution in [0.1, 0.15) is 37.4 Å². The van der Waals surface area contributed by atoms with Gasteiger partial charge in [-0.1, -0.05) is 42.5 Å². The Balaban J connectivity index is 0.000000505. The van der Waals surface area contributed by atoms with Gasteiger partial charge in [-0.15, -0.1) is 0 Å². The first-order chi connectivity index (χ1) is 18.0. The van der Waals surface area contributed by atoms with Crippen LogP contribution in [0.2, 0.25) is 0 Å². The van der Waals surface area contributed by atoms with E-state index >= 15 is 0 Å². The molecule has 0 radical (unpaired) electrons. The molecule has 3 aromatic rings. The second-order valence-corrected chi connectivity index (χ2v) is 9.10. The highest BCUT2D eigenvalue weighted by atomic mass is 19.4. The SMILES string of the molecule is CN(C)c1nc(NC2CCC(NC(=O)[C@H](O)c3ccccc3)CC2)nc2ccccc12.O=C(O)C(F)(F)F. The number of aliphatic carboxylic acids is 1. The molecule has 4 rings (SSSR count). The lowest BCUT2D eigenvalue weighted by Crippen LogP contribution is -2.42. The second kappa shape index (κ2) is 12.5. The quantitative estimate of drug-likeness (QED) is 0.376. The van der Waals surface area contributed by atoms with Crippen molar-refractivity contribution in [2.45, 2.75) is 50.0 Å². The van der Waals surface area contributed by atoms with Crippen molar-refractivity contribution in [2.75, 3.05) is 24.3 Å². The molecule has 12 heteroatoms. The molecule has 1 atom stereocenters. The number of nitrogens with zero attached hydrogens (tertiary/aromatic N) is 3. The van der Waals surface area contributed by atoms with Crippen LogP contribution in [0.4, 0.5) is 24.9 Å². The Kier molecular flexibility index (Phi) is 9.45. The number of aliphatic hydroxyl groups excluding tert-OH is 1. The first-order valence-electron chi connectivity index (χ1n) is 12.0. The van der Waals surface area contributed by atoms with Crippen LogP contribution in [0.25, 0.3) is 10.9 Å². The summed E-state index contributed by atoms with van der Waals surface area (Å²) in [6.45, 7) is 0. The smallest absolute Gasteiger partial charge is 0.475 e. The normalized spacial score (nSPS) is 18.1. The number of carbonyl (C=O) groups excluding carboxylic acids is 1. The number of alkyl halides is 3. The third-order valence-corrected chi connectivity index (χ3v) is 6.02. The average molecular weight is 534 g/mol. The van der Waals surface area contributed by atoms with Gasteiger partial charge in [-0.05, 0) is 43.4 Å². The van der Waals surface area contributed by atoms with Crippen LogP contribution in [0, 0.1) is 0 Å². The fraction of sp³-hybridized carbons (Fsp3) is 0.385. The molecule has 1 aliphatic carbocycles. The molecule has 0 aliphatic heterocycles. The molecule has 4 N–H and O–H groups in total. The number of fused-ring (bicyclic) bond motifs is 1. The maximum Gasteiger partial charge on any atom is 0.490 e. The van der Waals surface area contributed by atoms with Gasteiger partial charge in [-0.3, -0.25) is 4.79 Å². The van der Waals surface area contributed by atoms with Gasteiger partial charge in [0.1, 0.15) is 5.82 Å². The van der Waals surface area contributed by atoms with Gasteiger partial charge in [0, 0.05) is 31.6 Å². The van der Waals surface area contributed by atoms with E-state index in [-0.39, 0.29) is 18.0 Å². The van der Waals surface area contributed by atoms with E-state index in [1.54, 1.807) is 12.1 Å². The number of carbonyl (C=O) groups is 2. The van der Waals surface area contributed by atoms with Gasteiger partial charge in [0.25, 0.3) is 5.91 Å². The summed E-state index contributed by atoms with van der Waals surface area (Å²) in [4.78, 5) is 32.7. The minimum atomic E-state index is -5.08. The largest absolute Gasteiger partial charge is 0.490 e. The van der Waals surface area contributed by atoms with Crippen molar-refractivity contribution in [2.24, 2.45) is 0 Å². The highest BCUT2D eigenvalue weighted by molar-refractivity contribution is 5.90. The predicted molar refractivity (Wildman–Crippen MR) is 137 cm³/mol. The second-order valence-electron chi connectivity index (χ2n) is 9.10. The fourth-order valence-corrected chi connectivity index (χ4v) is 4.10. The van der Waals surface area contributed by atoms with E-state index in [9.17, 15) is 23.1 Å². The molecule has 1 aliphatic rings. The van der Waals surface area contributed by atoms with Crippen molar-refractivity contribution in [1.29, 1.82) is 0 Å². The van der Waals surface area contributed by atoms with Crippen molar-refractivity contribution in [1.82, 2.24) is 15.3 Å². The topological polar surface area (TPSA) is 128 Å². The zero-order valence-electron chi connectivity index (χ0n) is 20.9. The molecule has 204 valence electrons. The standard InChI is InChI=1S/C24H29N5O2.C2HF3O2/c1-29(2)22-19-10-6-7-11-20(19)27-24(28-22)26-18-14-12-17(13-15-18)25-23(31)21(30)16-8-4-3-5-9-16;3-2(4,5)1(6)7/h3-11,17-18,21,30H,12-15H2,1-2H3,(H,25,31)(H,26,27,28);(H,6,7)/t17?,18?,21-;/m1./s1. The molecule has 0 bridgehead atoms. The molecule has 0 unspecified atom stereocenters. The van der Waals surface area contributed by atoms with Crippen LogP contribution < -0.4 is 15.5 Å². The lowest BCUT2D eigenvalue weighted by molar-refractivity contribution is -0.192. The summed E-state index contributed by atoms with van der Waals surface area (Å²) in [5.41, 5.74) is 1.53. The van der Waals surface area contributed by atoms with Gasteiger partial charge < -0.3 is 25.7 Å². The van der Waals surface area contributed by atoms with Crippen LogP contribution in [-0.2, 0) is 9.59 Å². The minimum absolute atomic E-state index is 0.0683. The number of amides is 1. The molecule has 0 spiro atoms. The first-order valence-corrected chi connectivity index (χ1v) is 12.0. The third-order valence-electron chi connectivity index (χ3n) is 6.02. The summed E-state index contributed by atoms with van der Waals surface area (Å²) >= 11 is 0. The Morgan fingerprint density at radius 3 is 2.08 bits per heavy atom. The lowest BCUT2D eigenvalue weighted by Gasteiger charge is -2.30. The number of aliphatic hydroxyl groups is 1. The average Bonchev–Trinajstić information content (AvgIpc) is 2.89. The number of para-hydroxylation sites is 1. The number of rotatable bonds is 6. The number of nitrogens with one attached hydrogen (secondary N) is 2. The molecular formula is C26H30F3N5O4. The molecule has 2 aromatic carbocycles. The van der Waals surface area contributed by atoms with Crippen molar-refractivity contribution >= 4 is 34.5 Å². The fourth-order valence-electron chi connectivity index (χ4n) is 4.10. The van der Waals surface area contributed by atoms with E-state index in [1.807, 2.05) is 61.5 Å². The van der Waals surface area contributed by atoms with E-state index in [0.29, 0.717) is 11.5 Å². The Morgan fingerprint density at radius 1 is 0.947 bits per heavy atom. The number of hydrogen-bond donors (Lipinski definition) is 4. The highest BCUT2D eigenvalue weighted by Gasteiger charge is 2.38. The summed E-state index contributed by atoms with van der Waals surface area (Å²) in [6.07, 6.45) is -2.72. The molecular weight excluding hydrogens is 503 g/mol. The number of aromatic nitrogens is 2. The van der Waals surface area contributed by atoms with Gasteiger partial charge in [-0.2, -0.15) is 18.2 Å². The highest BCUT2D eigenvalue weighted by Crippen LogP contribution is 2.26. The van der Waals surface area contributed by atoms with E-state index in [0.717, 1.165) is 42.4 Å². The third kappa shape index (κ3) is 7.78. The zero-order valence-corrected chi connectivity index (χ0v) is 20.9. The summed E-state index contributed by atoms with van der Waals surface area (Å²) < 4.78 is 31.7.